The highest BCUT2D eigenvalue weighted by molar-refractivity contribution is 14.1. The summed E-state index contributed by atoms with van der Waals surface area (Å²) in [5.41, 5.74) is 2.34. The zero-order valence-electron chi connectivity index (χ0n) is 10.2. The van der Waals surface area contributed by atoms with Gasteiger partial charge in [0.15, 0.2) is 5.69 Å². The smallest absolute Gasteiger partial charge is 0.359 e. The van der Waals surface area contributed by atoms with Crippen molar-refractivity contribution in [2.75, 3.05) is 6.61 Å². The van der Waals surface area contributed by atoms with Crippen molar-refractivity contribution in [1.29, 1.82) is 0 Å². The highest BCUT2D eigenvalue weighted by Gasteiger charge is 2.21. The number of esters is 1. The van der Waals surface area contributed by atoms with E-state index in [1.807, 2.05) is 37.4 Å². The monoisotopic (exact) mass is 356 g/mol. The van der Waals surface area contributed by atoms with Crippen LogP contribution >= 0.6 is 22.6 Å². The van der Waals surface area contributed by atoms with Crippen LogP contribution in [0.3, 0.4) is 0 Å². The summed E-state index contributed by atoms with van der Waals surface area (Å²) in [4.78, 5) is 11.8. The Bertz CT molecular complexity index is 564. The fraction of sp³-hybridized carbons (Fsp3) is 0.231. The number of hydrogen-bond acceptors (Lipinski definition) is 3. The van der Waals surface area contributed by atoms with Gasteiger partial charge in [-0.15, -0.1) is 0 Å². The third kappa shape index (κ3) is 2.40. The molecule has 5 heteroatoms. The number of nitrogens with zero attached hydrogens (tertiary/aromatic N) is 2. The first kappa shape index (κ1) is 13.1. The van der Waals surface area contributed by atoms with E-state index in [-0.39, 0.29) is 5.97 Å². The second-order valence-electron chi connectivity index (χ2n) is 3.72. The normalized spacial score (nSPS) is 10.4. The van der Waals surface area contributed by atoms with Gasteiger partial charge in [-0.05, 0) is 29.5 Å². The van der Waals surface area contributed by atoms with Gasteiger partial charge >= 0.3 is 5.97 Å². The molecule has 18 heavy (non-hydrogen) atoms. The zero-order valence-corrected chi connectivity index (χ0v) is 12.3. The number of benzene rings is 1. The Kier molecular flexibility index (Phi) is 4.00. The lowest BCUT2D eigenvalue weighted by molar-refractivity contribution is 0.0517. The number of halogens is 1. The van der Waals surface area contributed by atoms with Gasteiger partial charge in [0.2, 0.25) is 0 Å². The van der Waals surface area contributed by atoms with Crippen LogP contribution in [0.1, 0.15) is 17.4 Å². The van der Waals surface area contributed by atoms with E-state index in [0.717, 1.165) is 14.8 Å². The molecule has 0 radical (unpaired) electrons. The Labute approximate surface area is 119 Å². The van der Waals surface area contributed by atoms with Crippen molar-refractivity contribution in [3.63, 3.8) is 0 Å². The molecule has 0 aliphatic carbocycles. The first-order valence-corrected chi connectivity index (χ1v) is 6.68. The molecule has 0 fully saturated rings. The van der Waals surface area contributed by atoms with Crippen molar-refractivity contribution < 1.29 is 9.53 Å². The average molecular weight is 356 g/mol. The maximum absolute atomic E-state index is 11.8. The summed E-state index contributed by atoms with van der Waals surface area (Å²) >= 11 is 2.14. The molecular weight excluding hydrogens is 343 g/mol. The molecule has 0 N–H and O–H groups in total. The number of rotatable bonds is 3. The number of hydrogen-bond donors (Lipinski definition) is 0. The van der Waals surface area contributed by atoms with Gasteiger partial charge in [-0.3, -0.25) is 4.68 Å². The molecule has 0 spiro atoms. The second kappa shape index (κ2) is 5.51. The van der Waals surface area contributed by atoms with Crippen LogP contribution in [-0.2, 0) is 11.8 Å². The number of carbonyl (C=O) groups is 1. The van der Waals surface area contributed by atoms with Crippen molar-refractivity contribution in [1.82, 2.24) is 9.78 Å². The van der Waals surface area contributed by atoms with Crippen LogP contribution < -0.4 is 0 Å². The van der Waals surface area contributed by atoms with Crippen molar-refractivity contribution in [3.8, 4) is 11.3 Å². The Morgan fingerprint density at radius 1 is 1.39 bits per heavy atom. The molecule has 94 valence electrons. The minimum absolute atomic E-state index is 0.353. The van der Waals surface area contributed by atoms with E-state index in [9.17, 15) is 4.79 Å². The maximum atomic E-state index is 11.8. The number of carbonyl (C=O) groups excluding carboxylic acids is 1. The molecule has 0 saturated heterocycles. The third-order valence-electron chi connectivity index (χ3n) is 2.51. The summed E-state index contributed by atoms with van der Waals surface area (Å²) in [5.74, 6) is -0.375. The van der Waals surface area contributed by atoms with E-state index in [1.54, 1.807) is 11.6 Å². The molecule has 0 atom stereocenters. The minimum Gasteiger partial charge on any atom is -0.461 e. The first-order valence-electron chi connectivity index (χ1n) is 5.60. The van der Waals surface area contributed by atoms with E-state index >= 15 is 0 Å². The SMILES string of the molecule is CCOC(=O)c1nn(C)c(-c2ccccc2)c1I. The van der Waals surface area contributed by atoms with E-state index in [1.165, 1.54) is 0 Å². The van der Waals surface area contributed by atoms with E-state index in [4.69, 9.17) is 4.74 Å². The summed E-state index contributed by atoms with van der Waals surface area (Å²) in [6, 6.07) is 9.87. The maximum Gasteiger partial charge on any atom is 0.359 e. The zero-order chi connectivity index (χ0) is 13.1. The summed E-state index contributed by atoms with van der Waals surface area (Å²) in [7, 11) is 1.83. The van der Waals surface area contributed by atoms with Crippen molar-refractivity contribution in [2.24, 2.45) is 7.05 Å². The molecule has 0 amide bonds. The number of aryl methyl sites for hydroxylation is 1. The van der Waals surface area contributed by atoms with Crippen LogP contribution in [0.2, 0.25) is 0 Å². The van der Waals surface area contributed by atoms with Gasteiger partial charge in [0.1, 0.15) is 0 Å². The number of aromatic nitrogens is 2. The Hall–Kier alpha value is -1.37. The summed E-state index contributed by atoms with van der Waals surface area (Å²) < 4.78 is 7.52. The van der Waals surface area contributed by atoms with Crippen LogP contribution in [0.25, 0.3) is 11.3 Å². The summed E-state index contributed by atoms with van der Waals surface area (Å²) in [6.07, 6.45) is 0. The Morgan fingerprint density at radius 2 is 2.06 bits per heavy atom. The van der Waals surface area contributed by atoms with E-state index in [2.05, 4.69) is 27.7 Å². The highest BCUT2D eigenvalue weighted by Crippen LogP contribution is 2.27. The molecule has 4 nitrogen and oxygen atoms in total. The molecule has 1 aromatic carbocycles. The second-order valence-corrected chi connectivity index (χ2v) is 4.80. The molecule has 0 aliphatic heterocycles. The molecular formula is C13H13IN2O2. The molecule has 0 bridgehead atoms. The number of ether oxygens (including phenoxy) is 1. The molecule has 2 rings (SSSR count). The lowest BCUT2D eigenvalue weighted by atomic mass is 10.1. The third-order valence-corrected chi connectivity index (χ3v) is 3.53. The molecule has 0 aliphatic rings. The summed E-state index contributed by atoms with van der Waals surface area (Å²) in [5, 5.41) is 4.24. The van der Waals surface area contributed by atoms with Gasteiger partial charge in [0, 0.05) is 12.6 Å². The molecule has 0 unspecified atom stereocenters. The predicted molar refractivity (Wildman–Crippen MR) is 77.3 cm³/mol. The van der Waals surface area contributed by atoms with Crippen molar-refractivity contribution >= 4 is 28.6 Å². The molecule has 2 aromatic rings. The summed E-state index contributed by atoms with van der Waals surface area (Å²) in [6.45, 7) is 2.14. The minimum atomic E-state index is -0.375. The van der Waals surface area contributed by atoms with Crippen LogP contribution in [0, 0.1) is 3.57 Å². The first-order chi connectivity index (χ1) is 8.65. The standard InChI is InChI=1S/C13H13IN2O2/c1-3-18-13(17)11-10(14)12(16(2)15-11)9-7-5-4-6-8-9/h4-8H,3H2,1-2H3. The van der Waals surface area contributed by atoms with Crippen LogP contribution in [0.5, 0.6) is 0 Å². The van der Waals surface area contributed by atoms with E-state index in [0.29, 0.717) is 12.3 Å². The molecule has 1 heterocycles. The predicted octanol–water partition coefficient (Wildman–Crippen LogP) is 2.87. The van der Waals surface area contributed by atoms with Crippen LogP contribution in [-0.4, -0.2) is 22.4 Å². The van der Waals surface area contributed by atoms with Gasteiger partial charge in [0.05, 0.1) is 15.9 Å². The van der Waals surface area contributed by atoms with Gasteiger partial charge in [-0.2, -0.15) is 5.10 Å². The quantitative estimate of drug-likeness (QED) is 0.628. The Morgan fingerprint density at radius 3 is 2.67 bits per heavy atom. The molecule has 0 saturated carbocycles. The lowest BCUT2D eigenvalue weighted by Gasteiger charge is -2.02. The highest BCUT2D eigenvalue weighted by atomic mass is 127. The van der Waals surface area contributed by atoms with Crippen LogP contribution in [0.15, 0.2) is 30.3 Å². The fourth-order valence-electron chi connectivity index (χ4n) is 1.74. The van der Waals surface area contributed by atoms with E-state index < -0.39 is 0 Å². The topological polar surface area (TPSA) is 44.1 Å². The van der Waals surface area contributed by atoms with Gasteiger partial charge in [-0.1, -0.05) is 30.3 Å². The largest absolute Gasteiger partial charge is 0.461 e. The molecule has 1 aromatic heterocycles. The van der Waals surface area contributed by atoms with Gasteiger partial charge in [0.25, 0.3) is 0 Å². The van der Waals surface area contributed by atoms with Crippen LogP contribution in [0.4, 0.5) is 0 Å². The van der Waals surface area contributed by atoms with Gasteiger partial charge < -0.3 is 4.74 Å². The van der Waals surface area contributed by atoms with Crippen molar-refractivity contribution in [2.45, 2.75) is 6.92 Å². The Balaban J connectivity index is 2.48. The average Bonchev–Trinajstić information content (AvgIpc) is 2.66. The van der Waals surface area contributed by atoms with Crippen molar-refractivity contribution in [3.05, 3.63) is 39.6 Å². The lowest BCUT2D eigenvalue weighted by Crippen LogP contribution is -2.07. The van der Waals surface area contributed by atoms with Gasteiger partial charge in [-0.25, -0.2) is 4.79 Å². The fourth-order valence-corrected chi connectivity index (χ4v) is 2.73.